The summed E-state index contributed by atoms with van der Waals surface area (Å²) >= 11 is 0. The molecule has 1 aromatic rings. The molecule has 4 fully saturated rings. The molecule has 0 saturated heterocycles. The Morgan fingerprint density at radius 1 is 0.963 bits per heavy atom. The Kier molecular flexibility index (Phi) is 3.78. The van der Waals surface area contributed by atoms with Crippen molar-refractivity contribution in [1.82, 2.24) is 0 Å². The molecule has 5 rings (SSSR count). The number of hydrogen-bond acceptors (Lipinski definition) is 4. The Balaban J connectivity index is 1.52. The summed E-state index contributed by atoms with van der Waals surface area (Å²) < 4.78 is 5.29. The van der Waals surface area contributed by atoms with Crippen LogP contribution in [0.3, 0.4) is 0 Å². The summed E-state index contributed by atoms with van der Waals surface area (Å²) in [6, 6.07) is 1.86. The van der Waals surface area contributed by atoms with Crippen molar-refractivity contribution >= 4 is 0 Å². The molecule has 150 valence electrons. The van der Waals surface area contributed by atoms with Crippen LogP contribution < -0.4 is 0 Å². The quantitative estimate of drug-likeness (QED) is 0.695. The van der Waals surface area contributed by atoms with Crippen molar-refractivity contribution in [1.29, 1.82) is 0 Å². The second kappa shape index (κ2) is 5.61. The SMILES string of the molecule is C[C@]12CCC3C(CC[C@@H]4C[C@@H](O)CC[C@]34C)[C@@]1(O)CC[C@]2(O)c1ccoc1. The van der Waals surface area contributed by atoms with Crippen molar-refractivity contribution < 1.29 is 19.7 Å². The molecule has 0 amide bonds. The molecule has 2 unspecified atom stereocenters. The molecule has 4 heteroatoms. The minimum absolute atomic E-state index is 0.144. The van der Waals surface area contributed by atoms with Gasteiger partial charge < -0.3 is 19.7 Å². The number of hydrogen-bond donors (Lipinski definition) is 3. The molecule has 4 aliphatic carbocycles. The standard InChI is InChI=1S/C23H34O4/c1-20-8-5-17(24)13-15(20)3-4-19-18(20)6-9-21(2)22(25,10-11-23(19,21)26)16-7-12-27-14-16/h7,12,14-15,17-19,24-26H,3-6,8-11,13H2,1-2H3/t15-,17+,18?,19?,20+,21-,22+,23+/m1/s1. The average Bonchev–Trinajstić information content (AvgIpc) is 3.24. The summed E-state index contributed by atoms with van der Waals surface area (Å²) in [5.74, 6) is 1.31. The van der Waals surface area contributed by atoms with E-state index in [1.807, 2.05) is 6.07 Å². The summed E-state index contributed by atoms with van der Waals surface area (Å²) in [4.78, 5) is 0. The summed E-state index contributed by atoms with van der Waals surface area (Å²) in [5, 5.41) is 34.0. The smallest absolute Gasteiger partial charge is 0.101 e. The Morgan fingerprint density at radius 2 is 1.78 bits per heavy atom. The lowest BCUT2D eigenvalue weighted by Crippen LogP contribution is -2.64. The predicted octanol–water partition coefficient (Wildman–Crippen LogP) is 3.99. The molecule has 8 atom stereocenters. The molecule has 0 radical (unpaired) electrons. The summed E-state index contributed by atoms with van der Waals surface area (Å²) in [5.41, 5.74) is -1.34. The fourth-order valence-electron chi connectivity index (χ4n) is 8.18. The molecule has 4 saturated carbocycles. The van der Waals surface area contributed by atoms with Crippen molar-refractivity contribution in [3.8, 4) is 0 Å². The van der Waals surface area contributed by atoms with Gasteiger partial charge in [-0.2, -0.15) is 0 Å². The molecule has 4 aliphatic rings. The largest absolute Gasteiger partial charge is 0.472 e. The monoisotopic (exact) mass is 374 g/mol. The number of furan rings is 1. The van der Waals surface area contributed by atoms with Gasteiger partial charge in [0.15, 0.2) is 0 Å². The van der Waals surface area contributed by atoms with Crippen molar-refractivity contribution in [3.05, 3.63) is 24.2 Å². The first-order chi connectivity index (χ1) is 12.7. The predicted molar refractivity (Wildman–Crippen MR) is 102 cm³/mol. The molecule has 4 nitrogen and oxygen atoms in total. The number of rotatable bonds is 1. The Labute approximate surface area is 162 Å². The van der Waals surface area contributed by atoms with E-state index < -0.39 is 16.6 Å². The minimum atomic E-state index is -1.01. The summed E-state index contributed by atoms with van der Waals surface area (Å²) in [6.07, 6.45) is 11.3. The molecule has 27 heavy (non-hydrogen) atoms. The van der Waals surface area contributed by atoms with E-state index in [1.165, 1.54) is 0 Å². The molecular formula is C23H34O4. The van der Waals surface area contributed by atoms with Gasteiger partial charge in [-0.3, -0.25) is 0 Å². The molecule has 0 bridgehead atoms. The van der Waals surface area contributed by atoms with Crippen LogP contribution in [0.25, 0.3) is 0 Å². The van der Waals surface area contributed by atoms with E-state index in [9.17, 15) is 15.3 Å². The van der Waals surface area contributed by atoms with Crippen LogP contribution in [-0.2, 0) is 5.60 Å². The third-order valence-corrected chi connectivity index (χ3v) is 9.97. The lowest BCUT2D eigenvalue weighted by molar-refractivity contribution is -0.238. The van der Waals surface area contributed by atoms with Gasteiger partial charge in [0.2, 0.25) is 0 Å². The highest BCUT2D eigenvalue weighted by Crippen LogP contribution is 2.71. The van der Waals surface area contributed by atoms with Gasteiger partial charge in [0.25, 0.3) is 0 Å². The lowest BCUT2D eigenvalue weighted by atomic mass is 9.43. The number of aliphatic hydroxyl groups excluding tert-OH is 1. The molecule has 3 N–H and O–H groups in total. The Morgan fingerprint density at radius 3 is 2.52 bits per heavy atom. The van der Waals surface area contributed by atoms with Gasteiger partial charge in [-0.25, -0.2) is 0 Å². The minimum Gasteiger partial charge on any atom is -0.472 e. The van der Waals surface area contributed by atoms with Gasteiger partial charge in [0.05, 0.1) is 24.2 Å². The first-order valence-corrected chi connectivity index (χ1v) is 10.9. The highest BCUT2D eigenvalue weighted by molar-refractivity contribution is 5.30. The highest BCUT2D eigenvalue weighted by Gasteiger charge is 2.72. The van der Waals surface area contributed by atoms with E-state index in [2.05, 4.69) is 13.8 Å². The van der Waals surface area contributed by atoms with Crippen LogP contribution in [0, 0.1) is 28.6 Å². The second-order valence-electron chi connectivity index (χ2n) is 10.6. The number of fused-ring (bicyclic) bond motifs is 5. The molecule has 0 aliphatic heterocycles. The van der Waals surface area contributed by atoms with Gasteiger partial charge in [-0.05, 0) is 87.0 Å². The first-order valence-electron chi connectivity index (χ1n) is 10.9. The molecule has 0 aromatic carbocycles. The maximum atomic E-state index is 12.1. The van der Waals surface area contributed by atoms with Crippen LogP contribution >= 0.6 is 0 Å². The van der Waals surface area contributed by atoms with Gasteiger partial charge in [-0.1, -0.05) is 13.8 Å². The molecule has 1 aromatic heterocycles. The number of aliphatic hydroxyl groups is 3. The van der Waals surface area contributed by atoms with E-state index in [0.717, 1.165) is 50.5 Å². The van der Waals surface area contributed by atoms with Crippen LogP contribution in [0.4, 0.5) is 0 Å². The van der Waals surface area contributed by atoms with Crippen LogP contribution in [0.5, 0.6) is 0 Å². The zero-order chi connectivity index (χ0) is 19.1. The summed E-state index contributed by atoms with van der Waals surface area (Å²) in [6.45, 7) is 4.53. The fourth-order valence-corrected chi connectivity index (χ4v) is 8.18. The van der Waals surface area contributed by atoms with Crippen molar-refractivity contribution in [2.75, 3.05) is 0 Å². The second-order valence-corrected chi connectivity index (χ2v) is 10.6. The van der Waals surface area contributed by atoms with Crippen LogP contribution in [0.2, 0.25) is 0 Å². The third kappa shape index (κ3) is 2.10. The van der Waals surface area contributed by atoms with Crippen molar-refractivity contribution in [3.63, 3.8) is 0 Å². The van der Waals surface area contributed by atoms with Gasteiger partial charge in [0.1, 0.15) is 5.60 Å². The summed E-state index contributed by atoms with van der Waals surface area (Å²) in [7, 11) is 0. The zero-order valence-electron chi connectivity index (χ0n) is 16.7. The van der Waals surface area contributed by atoms with Gasteiger partial charge in [0, 0.05) is 11.0 Å². The maximum absolute atomic E-state index is 12.1. The maximum Gasteiger partial charge on any atom is 0.101 e. The Bertz CT molecular complexity index is 716. The molecule has 0 spiro atoms. The fraction of sp³-hybridized carbons (Fsp3) is 0.826. The van der Waals surface area contributed by atoms with Crippen molar-refractivity contribution in [2.24, 2.45) is 28.6 Å². The van der Waals surface area contributed by atoms with E-state index >= 15 is 0 Å². The van der Waals surface area contributed by atoms with E-state index in [0.29, 0.717) is 24.7 Å². The highest BCUT2D eigenvalue weighted by atomic mass is 16.3. The lowest BCUT2D eigenvalue weighted by Gasteiger charge is -2.64. The van der Waals surface area contributed by atoms with Crippen LogP contribution in [-0.4, -0.2) is 27.0 Å². The first kappa shape index (κ1) is 18.2. The topological polar surface area (TPSA) is 73.8 Å². The van der Waals surface area contributed by atoms with Crippen molar-refractivity contribution in [2.45, 2.75) is 88.9 Å². The van der Waals surface area contributed by atoms with Crippen LogP contribution in [0.15, 0.2) is 23.0 Å². The normalized spacial score (nSPS) is 54.9. The zero-order valence-corrected chi connectivity index (χ0v) is 16.7. The van der Waals surface area contributed by atoms with E-state index in [1.54, 1.807) is 12.5 Å². The van der Waals surface area contributed by atoms with Gasteiger partial charge in [-0.15, -0.1) is 0 Å². The molecular weight excluding hydrogens is 340 g/mol. The van der Waals surface area contributed by atoms with E-state index in [4.69, 9.17) is 4.42 Å². The average molecular weight is 375 g/mol. The van der Waals surface area contributed by atoms with Gasteiger partial charge >= 0.3 is 0 Å². The third-order valence-electron chi connectivity index (χ3n) is 9.97. The van der Waals surface area contributed by atoms with Crippen LogP contribution in [0.1, 0.15) is 77.2 Å². The molecule has 1 heterocycles. The van der Waals surface area contributed by atoms with E-state index in [-0.39, 0.29) is 17.4 Å². The Hall–Kier alpha value is -0.840.